The topological polar surface area (TPSA) is 44.1 Å². The first-order valence-corrected chi connectivity index (χ1v) is 6.59. The zero-order valence-electron chi connectivity index (χ0n) is 10.9. The van der Waals surface area contributed by atoms with Gasteiger partial charge in [-0.1, -0.05) is 18.2 Å². The molecule has 0 bridgehead atoms. The van der Waals surface area contributed by atoms with Gasteiger partial charge in [0.25, 0.3) is 0 Å². The van der Waals surface area contributed by atoms with Crippen LogP contribution in [0.3, 0.4) is 0 Å². The molecule has 0 saturated carbocycles. The van der Waals surface area contributed by atoms with Crippen molar-refractivity contribution in [1.29, 1.82) is 0 Å². The smallest absolute Gasteiger partial charge is 0.188 e. The molecule has 0 aliphatic carbocycles. The molecule has 4 heteroatoms. The Morgan fingerprint density at radius 2 is 2.26 bits per heavy atom. The average Bonchev–Trinajstić information content (AvgIpc) is 2.94. The first kappa shape index (κ1) is 12.0. The van der Waals surface area contributed by atoms with Crippen molar-refractivity contribution < 1.29 is 9.53 Å². The number of benzene rings is 1. The number of nitrogens with zero attached hydrogens (tertiary/aromatic N) is 2. The van der Waals surface area contributed by atoms with Crippen molar-refractivity contribution in [2.24, 2.45) is 0 Å². The maximum Gasteiger partial charge on any atom is 0.188 e. The third-order valence-electron chi connectivity index (χ3n) is 3.54. The number of hydrogen-bond acceptors (Lipinski definition) is 3. The number of carbonyl (C=O) groups is 1. The first-order valence-electron chi connectivity index (χ1n) is 6.59. The summed E-state index contributed by atoms with van der Waals surface area (Å²) in [6.07, 6.45) is 2.41. The molecule has 2 heterocycles. The Morgan fingerprint density at radius 3 is 3.11 bits per heavy atom. The predicted molar refractivity (Wildman–Crippen MR) is 71.5 cm³/mol. The molecular weight excluding hydrogens is 240 g/mol. The van der Waals surface area contributed by atoms with Crippen molar-refractivity contribution >= 4 is 5.78 Å². The maximum absolute atomic E-state index is 12.7. The summed E-state index contributed by atoms with van der Waals surface area (Å²) < 4.78 is 7.35. The van der Waals surface area contributed by atoms with Gasteiger partial charge in [0.2, 0.25) is 0 Å². The highest BCUT2D eigenvalue weighted by atomic mass is 16.5. The molecule has 1 aromatic heterocycles. The van der Waals surface area contributed by atoms with Crippen molar-refractivity contribution in [3.05, 3.63) is 47.8 Å². The van der Waals surface area contributed by atoms with Gasteiger partial charge in [0.15, 0.2) is 5.78 Å². The second-order valence-electron chi connectivity index (χ2n) is 4.62. The van der Waals surface area contributed by atoms with Crippen LogP contribution < -0.4 is 4.74 Å². The molecule has 1 atom stereocenters. The van der Waals surface area contributed by atoms with Crippen LogP contribution in [0.25, 0.3) is 0 Å². The number of fused-ring (bicyclic) bond motifs is 1. The fourth-order valence-corrected chi connectivity index (χ4v) is 2.59. The lowest BCUT2D eigenvalue weighted by Crippen LogP contribution is -2.23. The van der Waals surface area contributed by atoms with Crippen molar-refractivity contribution in [3.63, 3.8) is 0 Å². The van der Waals surface area contributed by atoms with E-state index in [1.807, 2.05) is 31.2 Å². The number of ether oxygens (including phenoxy) is 1. The molecule has 1 aromatic carbocycles. The molecule has 3 rings (SSSR count). The lowest BCUT2D eigenvalue weighted by atomic mass is 9.88. The van der Waals surface area contributed by atoms with Crippen LogP contribution in [0.1, 0.15) is 35.3 Å². The van der Waals surface area contributed by atoms with E-state index in [4.69, 9.17) is 4.74 Å². The summed E-state index contributed by atoms with van der Waals surface area (Å²) in [4.78, 5) is 12.7. The minimum Gasteiger partial charge on any atom is -0.493 e. The molecule has 0 spiro atoms. The van der Waals surface area contributed by atoms with Gasteiger partial charge in [0.1, 0.15) is 11.4 Å². The largest absolute Gasteiger partial charge is 0.493 e. The second kappa shape index (κ2) is 4.88. The van der Waals surface area contributed by atoms with E-state index in [9.17, 15) is 4.79 Å². The van der Waals surface area contributed by atoms with E-state index >= 15 is 0 Å². The Kier molecular flexibility index (Phi) is 3.07. The highest BCUT2D eigenvalue weighted by Crippen LogP contribution is 2.35. The third kappa shape index (κ3) is 2.03. The molecule has 1 aliphatic rings. The Hall–Kier alpha value is -2.10. The predicted octanol–water partition coefficient (Wildman–Crippen LogP) is 2.65. The number of carbonyl (C=O) groups excluding carboxylic acids is 1. The molecule has 19 heavy (non-hydrogen) atoms. The summed E-state index contributed by atoms with van der Waals surface area (Å²) in [7, 11) is 0. The number of aryl methyl sites for hydroxylation is 1. The SMILES string of the molecule is CCn1nccc1C(=O)C1CCOc2ccccc21. The summed E-state index contributed by atoms with van der Waals surface area (Å²) >= 11 is 0. The number of rotatable bonds is 3. The molecule has 0 radical (unpaired) electrons. The van der Waals surface area contributed by atoms with E-state index in [1.54, 1.807) is 16.9 Å². The van der Waals surface area contributed by atoms with Crippen LogP contribution in [0.5, 0.6) is 5.75 Å². The van der Waals surface area contributed by atoms with Crippen LogP contribution >= 0.6 is 0 Å². The Bertz CT molecular complexity index is 604. The summed E-state index contributed by atoms with van der Waals surface area (Å²) in [6.45, 7) is 3.29. The van der Waals surface area contributed by atoms with Crippen molar-refractivity contribution in [3.8, 4) is 5.75 Å². The highest BCUT2D eigenvalue weighted by molar-refractivity contribution is 6.00. The minimum absolute atomic E-state index is 0.119. The Balaban J connectivity index is 1.98. The molecule has 98 valence electrons. The van der Waals surface area contributed by atoms with Gasteiger partial charge < -0.3 is 4.74 Å². The molecule has 0 N–H and O–H groups in total. The number of aromatic nitrogens is 2. The maximum atomic E-state index is 12.7. The van der Waals surface area contributed by atoms with E-state index in [2.05, 4.69) is 5.10 Å². The van der Waals surface area contributed by atoms with Gasteiger partial charge >= 0.3 is 0 Å². The zero-order valence-corrected chi connectivity index (χ0v) is 10.9. The van der Waals surface area contributed by atoms with Crippen molar-refractivity contribution in [2.45, 2.75) is 25.8 Å². The van der Waals surface area contributed by atoms with E-state index in [0.29, 0.717) is 18.8 Å². The highest BCUT2D eigenvalue weighted by Gasteiger charge is 2.29. The number of Topliss-reactive ketones (excluding diaryl/α,β-unsaturated/α-hetero) is 1. The molecule has 0 fully saturated rings. The third-order valence-corrected chi connectivity index (χ3v) is 3.54. The van der Waals surface area contributed by atoms with Gasteiger partial charge in [-0.2, -0.15) is 5.10 Å². The van der Waals surface area contributed by atoms with Gasteiger partial charge in [0.05, 0.1) is 12.5 Å². The molecule has 1 unspecified atom stereocenters. The van der Waals surface area contributed by atoms with E-state index in [-0.39, 0.29) is 11.7 Å². The van der Waals surface area contributed by atoms with E-state index < -0.39 is 0 Å². The normalized spacial score (nSPS) is 17.6. The molecule has 4 nitrogen and oxygen atoms in total. The van der Waals surface area contributed by atoms with E-state index in [0.717, 1.165) is 17.7 Å². The van der Waals surface area contributed by atoms with Crippen molar-refractivity contribution in [1.82, 2.24) is 9.78 Å². The molecule has 2 aromatic rings. The van der Waals surface area contributed by atoms with Gasteiger partial charge in [-0.15, -0.1) is 0 Å². The Morgan fingerprint density at radius 1 is 1.42 bits per heavy atom. The van der Waals surface area contributed by atoms with Crippen LogP contribution in [-0.4, -0.2) is 22.2 Å². The lowest BCUT2D eigenvalue weighted by Gasteiger charge is -2.24. The van der Waals surface area contributed by atoms with Gasteiger partial charge in [-0.05, 0) is 25.5 Å². The first-order chi connectivity index (χ1) is 9.31. The van der Waals surface area contributed by atoms with Crippen LogP contribution in [0.2, 0.25) is 0 Å². The Labute approximate surface area is 112 Å². The standard InChI is InChI=1S/C15H16N2O2/c1-2-17-13(7-9-16-17)15(18)12-8-10-19-14-6-4-3-5-11(12)14/h3-7,9,12H,2,8,10H2,1H3. The van der Waals surface area contributed by atoms with Crippen LogP contribution in [0, 0.1) is 0 Å². The monoisotopic (exact) mass is 256 g/mol. The molecule has 1 aliphatic heterocycles. The lowest BCUT2D eigenvalue weighted by molar-refractivity contribution is 0.0922. The van der Waals surface area contributed by atoms with Crippen LogP contribution in [0.4, 0.5) is 0 Å². The van der Waals surface area contributed by atoms with E-state index in [1.165, 1.54) is 0 Å². The second-order valence-corrected chi connectivity index (χ2v) is 4.62. The molecule has 0 saturated heterocycles. The average molecular weight is 256 g/mol. The number of para-hydroxylation sites is 1. The molecule has 0 amide bonds. The van der Waals surface area contributed by atoms with Crippen LogP contribution in [-0.2, 0) is 6.54 Å². The fourth-order valence-electron chi connectivity index (χ4n) is 2.59. The minimum atomic E-state index is -0.119. The van der Waals surface area contributed by atoms with Gasteiger partial charge in [-0.25, -0.2) is 0 Å². The summed E-state index contributed by atoms with van der Waals surface area (Å²) in [5.41, 5.74) is 1.67. The van der Waals surface area contributed by atoms with Crippen LogP contribution in [0.15, 0.2) is 36.5 Å². The summed E-state index contributed by atoms with van der Waals surface area (Å²) in [6, 6.07) is 9.58. The van der Waals surface area contributed by atoms with Crippen molar-refractivity contribution in [2.75, 3.05) is 6.61 Å². The summed E-state index contributed by atoms with van der Waals surface area (Å²) in [5.74, 6) is 0.844. The molecular formula is C15H16N2O2. The van der Waals surface area contributed by atoms with Gasteiger partial charge in [-0.3, -0.25) is 9.48 Å². The quantitative estimate of drug-likeness (QED) is 0.793. The fraction of sp³-hybridized carbons (Fsp3) is 0.333. The van der Waals surface area contributed by atoms with Gasteiger partial charge in [0, 0.05) is 18.3 Å². The number of ketones is 1. The summed E-state index contributed by atoms with van der Waals surface area (Å²) in [5, 5.41) is 4.17. The zero-order chi connectivity index (χ0) is 13.2. The number of hydrogen-bond donors (Lipinski definition) is 0.